The Morgan fingerprint density at radius 3 is 2.14 bits per heavy atom. The third-order valence-corrected chi connectivity index (χ3v) is 7.21. The van der Waals surface area contributed by atoms with Gasteiger partial charge in [0.15, 0.2) is 0 Å². The van der Waals surface area contributed by atoms with E-state index in [2.05, 4.69) is 0 Å². The fourth-order valence-electron chi connectivity index (χ4n) is 4.61. The lowest BCUT2D eigenvalue weighted by Crippen LogP contribution is -2.49. The van der Waals surface area contributed by atoms with Crippen LogP contribution >= 0.6 is 0 Å². The van der Waals surface area contributed by atoms with Gasteiger partial charge in [-0.1, -0.05) is 18.2 Å². The van der Waals surface area contributed by atoms with Crippen molar-refractivity contribution >= 4 is 21.6 Å². The van der Waals surface area contributed by atoms with Gasteiger partial charge < -0.3 is 9.47 Å². The van der Waals surface area contributed by atoms with Gasteiger partial charge in [-0.2, -0.15) is 26.3 Å². The molecule has 2 aromatic rings. The minimum Gasteiger partial charge on any atom is -0.375 e. The molecule has 18 heteroatoms. The number of para-hydroxylation sites is 1. The second-order valence-electron chi connectivity index (χ2n) is 9.99. The zero-order chi connectivity index (χ0) is 32.7. The van der Waals surface area contributed by atoms with Crippen LogP contribution in [-0.2, 0) is 43.3 Å². The number of nitrogens with zero attached hydrogens (tertiary/aromatic N) is 3. The van der Waals surface area contributed by atoms with Gasteiger partial charge in [-0.05, 0) is 23.8 Å². The highest BCUT2D eigenvalue weighted by molar-refractivity contribution is 7.89. The number of amides is 1. The van der Waals surface area contributed by atoms with Crippen molar-refractivity contribution in [1.29, 1.82) is 0 Å². The van der Waals surface area contributed by atoms with Crippen LogP contribution in [0.15, 0.2) is 42.5 Å². The summed E-state index contributed by atoms with van der Waals surface area (Å²) in [4.78, 5) is 26.5. The van der Waals surface area contributed by atoms with Crippen LogP contribution in [0.1, 0.15) is 28.3 Å². The van der Waals surface area contributed by atoms with Gasteiger partial charge >= 0.3 is 12.4 Å². The van der Waals surface area contributed by atoms with Crippen molar-refractivity contribution in [3.05, 3.63) is 74.8 Å². The zero-order valence-electron chi connectivity index (χ0n) is 23.4. The molecule has 1 amide bonds. The summed E-state index contributed by atoms with van der Waals surface area (Å²) in [5.41, 5.74) is -3.26. The van der Waals surface area contributed by atoms with Crippen LogP contribution in [0.3, 0.4) is 0 Å². The summed E-state index contributed by atoms with van der Waals surface area (Å²) in [5.74, 6) is -0.815. The summed E-state index contributed by atoms with van der Waals surface area (Å²) in [6.07, 6.45) is -9.20. The maximum absolute atomic E-state index is 13.3. The van der Waals surface area contributed by atoms with Crippen LogP contribution < -0.4 is 4.72 Å². The van der Waals surface area contributed by atoms with Gasteiger partial charge in [-0.25, -0.2) is 8.42 Å². The molecule has 0 bridgehead atoms. The molecule has 1 saturated heterocycles. The topological polar surface area (TPSA) is 131 Å². The zero-order valence-corrected chi connectivity index (χ0v) is 24.2. The van der Waals surface area contributed by atoms with Crippen molar-refractivity contribution in [2.45, 2.75) is 25.0 Å². The van der Waals surface area contributed by atoms with Crippen molar-refractivity contribution in [3.63, 3.8) is 0 Å². The number of sulfonamides is 1. The van der Waals surface area contributed by atoms with Crippen LogP contribution in [0.2, 0.25) is 0 Å². The molecule has 1 aliphatic rings. The van der Waals surface area contributed by atoms with E-state index in [4.69, 9.17) is 9.47 Å². The monoisotopic (exact) mass is 656 g/mol. The van der Waals surface area contributed by atoms with E-state index < -0.39 is 63.6 Å². The highest BCUT2D eigenvalue weighted by Crippen LogP contribution is 2.37. The van der Waals surface area contributed by atoms with E-state index in [-0.39, 0.29) is 36.1 Å². The van der Waals surface area contributed by atoms with Crippen molar-refractivity contribution < 1.29 is 54.0 Å². The predicted octanol–water partition coefficient (Wildman–Crippen LogP) is 3.60. The Bertz CT molecular complexity index is 1380. The quantitative estimate of drug-likeness (QED) is 0.149. The van der Waals surface area contributed by atoms with Gasteiger partial charge in [0.1, 0.15) is 6.61 Å². The van der Waals surface area contributed by atoms with E-state index in [0.717, 1.165) is 6.26 Å². The second kappa shape index (κ2) is 14.6. The fourth-order valence-corrected chi connectivity index (χ4v) is 5.08. The number of piperazine rings is 1. The lowest BCUT2D eigenvalue weighted by atomic mass is 10.0. The van der Waals surface area contributed by atoms with Crippen LogP contribution in [0, 0.1) is 10.1 Å². The number of carbonyl (C=O) groups excluding carboxylic acids is 1. The van der Waals surface area contributed by atoms with E-state index in [1.165, 1.54) is 18.2 Å². The van der Waals surface area contributed by atoms with Crippen molar-refractivity contribution in [1.82, 2.24) is 14.5 Å². The Morgan fingerprint density at radius 1 is 1.00 bits per heavy atom. The minimum absolute atomic E-state index is 0.0224. The van der Waals surface area contributed by atoms with E-state index in [1.807, 2.05) is 9.80 Å². The Morgan fingerprint density at radius 2 is 1.59 bits per heavy atom. The molecule has 1 atom stereocenters. The fraction of sp³-hybridized carbons (Fsp3) is 0.500. The summed E-state index contributed by atoms with van der Waals surface area (Å²) in [6.45, 7) is 0.842. The molecule has 1 N–H and O–H groups in total. The number of carbonyl (C=O) groups is 1. The molecule has 244 valence electrons. The smallest absolute Gasteiger partial charge is 0.375 e. The molecule has 0 aromatic heterocycles. The Kier molecular flexibility index (Phi) is 11.7. The SMILES string of the molecule is CS(=O)(=O)NC(=O)COCCN1CCN(C(COCc2cc(C(F)(F)F)cc(C(F)(F)F)c2)c2ccccc2[N+](=O)[O-])CC1. The van der Waals surface area contributed by atoms with Crippen molar-refractivity contribution in [3.8, 4) is 0 Å². The van der Waals surface area contributed by atoms with Crippen LogP contribution in [0.5, 0.6) is 0 Å². The number of nitrogens with one attached hydrogen (secondary N) is 1. The normalized spacial score (nSPS) is 16.1. The van der Waals surface area contributed by atoms with Crippen molar-refractivity contribution in [2.75, 3.05) is 58.8 Å². The lowest BCUT2D eigenvalue weighted by Gasteiger charge is -2.39. The van der Waals surface area contributed by atoms with Gasteiger partial charge in [0.05, 0.1) is 48.2 Å². The number of ether oxygens (including phenoxy) is 2. The molecule has 0 radical (unpaired) electrons. The van der Waals surface area contributed by atoms with Gasteiger partial charge in [-0.15, -0.1) is 0 Å². The number of rotatable bonds is 13. The first-order valence-electron chi connectivity index (χ1n) is 13.1. The third kappa shape index (κ3) is 10.7. The summed E-state index contributed by atoms with van der Waals surface area (Å²) in [6, 6.07) is 6.26. The molecular formula is C26H30F6N4O7S. The molecule has 1 unspecified atom stereocenters. The number of benzene rings is 2. The van der Waals surface area contributed by atoms with E-state index >= 15 is 0 Å². The summed E-state index contributed by atoms with van der Waals surface area (Å²) in [7, 11) is -3.70. The molecule has 1 aliphatic heterocycles. The number of hydrogen-bond donors (Lipinski definition) is 1. The number of hydrogen-bond acceptors (Lipinski definition) is 9. The van der Waals surface area contributed by atoms with Crippen LogP contribution in [0.25, 0.3) is 0 Å². The van der Waals surface area contributed by atoms with Gasteiger partial charge in [0, 0.05) is 44.4 Å². The first-order chi connectivity index (χ1) is 20.4. The van der Waals surface area contributed by atoms with Crippen molar-refractivity contribution in [2.24, 2.45) is 0 Å². The molecule has 11 nitrogen and oxygen atoms in total. The van der Waals surface area contributed by atoms with Crippen LogP contribution in [-0.4, -0.2) is 87.8 Å². The average molecular weight is 657 g/mol. The van der Waals surface area contributed by atoms with E-state index in [0.29, 0.717) is 44.9 Å². The largest absolute Gasteiger partial charge is 0.416 e. The Balaban J connectivity index is 1.68. The average Bonchev–Trinajstić information content (AvgIpc) is 2.92. The molecule has 0 spiro atoms. The molecule has 1 fully saturated rings. The maximum Gasteiger partial charge on any atom is 0.416 e. The minimum atomic E-state index is -5.02. The van der Waals surface area contributed by atoms with Gasteiger partial charge in [0.2, 0.25) is 10.0 Å². The second-order valence-corrected chi connectivity index (χ2v) is 11.7. The van der Waals surface area contributed by atoms with Gasteiger partial charge in [-0.3, -0.25) is 29.4 Å². The third-order valence-electron chi connectivity index (χ3n) is 6.62. The molecule has 2 aromatic carbocycles. The summed E-state index contributed by atoms with van der Waals surface area (Å²) >= 11 is 0. The first kappa shape index (κ1) is 35.2. The number of nitro benzene ring substituents is 1. The number of alkyl halides is 6. The van der Waals surface area contributed by atoms with Gasteiger partial charge in [0.25, 0.3) is 11.6 Å². The Hall–Kier alpha value is -3.32. The standard InChI is InChI=1S/C26H30F6N4O7S/c1-44(40,41)33-24(37)17-42-11-10-34-6-8-35(9-7-34)23(21-4-2-3-5-22(21)36(38)39)16-43-15-18-12-19(25(27,28)29)14-20(13-18)26(30,31)32/h2-5,12-14,23H,6-11,15-17H2,1H3,(H,33,37). The predicted molar refractivity (Wildman–Crippen MR) is 144 cm³/mol. The first-order valence-corrected chi connectivity index (χ1v) is 15.0. The highest BCUT2D eigenvalue weighted by Gasteiger charge is 2.37. The molecule has 1 heterocycles. The summed E-state index contributed by atoms with van der Waals surface area (Å²) < 4.78 is 114. The van der Waals surface area contributed by atoms with E-state index in [1.54, 1.807) is 10.8 Å². The molecule has 3 rings (SSSR count). The lowest BCUT2D eigenvalue weighted by molar-refractivity contribution is -0.386. The maximum atomic E-state index is 13.3. The number of nitro groups is 1. The summed E-state index contributed by atoms with van der Waals surface area (Å²) in [5, 5.41) is 11.7. The molecule has 0 saturated carbocycles. The molecule has 44 heavy (non-hydrogen) atoms. The molecule has 0 aliphatic carbocycles. The Labute approximate surface area is 248 Å². The molecular weight excluding hydrogens is 626 g/mol. The number of halogens is 6. The van der Waals surface area contributed by atoms with E-state index in [9.17, 15) is 49.7 Å². The van der Waals surface area contributed by atoms with Crippen LogP contribution in [0.4, 0.5) is 32.0 Å². The highest BCUT2D eigenvalue weighted by atomic mass is 32.2.